The molecule has 2 rings (SSSR count). The zero-order valence-electron chi connectivity index (χ0n) is 12.4. The fourth-order valence-corrected chi connectivity index (χ4v) is 3.69. The van der Waals surface area contributed by atoms with E-state index in [2.05, 4.69) is 14.8 Å². The van der Waals surface area contributed by atoms with Gasteiger partial charge in [-0.25, -0.2) is 8.42 Å². The molecule has 2 heterocycles. The molecule has 2 aromatic heterocycles. The zero-order valence-corrected chi connectivity index (χ0v) is 14.0. The number of anilines is 1. The second-order valence-corrected chi connectivity index (χ2v) is 6.32. The molecule has 1 N–H and O–H groups in total. The Morgan fingerprint density at radius 3 is 2.45 bits per heavy atom. The van der Waals surface area contributed by atoms with Gasteiger partial charge in [-0.3, -0.25) is 9.40 Å². The molecule has 0 atom stereocenters. The fourth-order valence-electron chi connectivity index (χ4n) is 1.88. The Bertz CT molecular complexity index is 804. The number of aryl methyl sites for hydroxylation is 2. The maximum absolute atomic E-state index is 12.5. The molecule has 0 amide bonds. The van der Waals surface area contributed by atoms with E-state index in [0.717, 1.165) is 0 Å². The summed E-state index contributed by atoms with van der Waals surface area (Å²) >= 11 is 6.00. The van der Waals surface area contributed by atoms with Crippen LogP contribution in [0.4, 0.5) is 5.69 Å². The number of nitrogens with one attached hydrogen (secondary N) is 1. The summed E-state index contributed by atoms with van der Waals surface area (Å²) in [5.74, 6) is 0.385. The van der Waals surface area contributed by atoms with Crippen LogP contribution in [0.25, 0.3) is 0 Å². The van der Waals surface area contributed by atoms with Gasteiger partial charge in [-0.05, 0) is 13.0 Å². The minimum absolute atomic E-state index is 0.0189. The molecule has 2 aromatic rings. The van der Waals surface area contributed by atoms with Gasteiger partial charge in [-0.2, -0.15) is 10.1 Å². The van der Waals surface area contributed by atoms with Crippen molar-refractivity contribution in [2.24, 2.45) is 7.05 Å². The Balaban J connectivity index is 2.45. The fraction of sp³-hybridized carbons (Fsp3) is 0.333. The van der Waals surface area contributed by atoms with E-state index in [1.54, 1.807) is 14.0 Å². The standard InChI is InChI=1S/C12H15ClN4O4S/c1-7-10(11(13)17(2)15-7)22(18,19)16-8-5-6-9(20-3)14-12(8)21-4/h5-6,16H,1-4H3. The van der Waals surface area contributed by atoms with Crippen molar-refractivity contribution in [1.29, 1.82) is 0 Å². The van der Waals surface area contributed by atoms with E-state index in [4.69, 9.17) is 21.1 Å². The molecule has 0 aliphatic heterocycles. The van der Waals surface area contributed by atoms with Gasteiger partial charge < -0.3 is 9.47 Å². The van der Waals surface area contributed by atoms with E-state index in [1.807, 2.05) is 0 Å². The van der Waals surface area contributed by atoms with Crippen LogP contribution in [0.3, 0.4) is 0 Å². The average molecular weight is 347 g/mol. The minimum Gasteiger partial charge on any atom is -0.481 e. The molecule has 0 aliphatic carbocycles. The molecule has 0 fully saturated rings. The van der Waals surface area contributed by atoms with Crippen molar-refractivity contribution in [3.8, 4) is 11.8 Å². The number of hydrogen-bond acceptors (Lipinski definition) is 6. The van der Waals surface area contributed by atoms with Crippen LogP contribution in [0.5, 0.6) is 11.8 Å². The van der Waals surface area contributed by atoms with Crippen molar-refractivity contribution >= 4 is 27.3 Å². The second kappa shape index (κ2) is 6.01. The molecule has 0 saturated heterocycles. The molecule has 8 nitrogen and oxygen atoms in total. The number of sulfonamides is 1. The molecule has 22 heavy (non-hydrogen) atoms. The Hall–Kier alpha value is -2.00. The molecule has 0 bridgehead atoms. The highest BCUT2D eigenvalue weighted by Crippen LogP contribution is 2.30. The van der Waals surface area contributed by atoms with E-state index in [0.29, 0.717) is 11.6 Å². The van der Waals surface area contributed by atoms with Gasteiger partial charge >= 0.3 is 0 Å². The molecule has 0 aromatic carbocycles. The van der Waals surface area contributed by atoms with E-state index < -0.39 is 10.0 Å². The van der Waals surface area contributed by atoms with Crippen LogP contribution in [-0.4, -0.2) is 37.4 Å². The van der Waals surface area contributed by atoms with Crippen molar-refractivity contribution < 1.29 is 17.9 Å². The van der Waals surface area contributed by atoms with Crippen molar-refractivity contribution in [2.75, 3.05) is 18.9 Å². The van der Waals surface area contributed by atoms with Gasteiger partial charge in [-0.1, -0.05) is 11.6 Å². The van der Waals surface area contributed by atoms with Gasteiger partial charge in [0.2, 0.25) is 11.8 Å². The second-order valence-electron chi connectivity index (χ2n) is 4.34. The van der Waals surface area contributed by atoms with Gasteiger partial charge in [0, 0.05) is 13.1 Å². The summed E-state index contributed by atoms with van der Waals surface area (Å²) in [5, 5.41) is 4.01. The first-order valence-electron chi connectivity index (χ1n) is 6.11. The average Bonchev–Trinajstić information content (AvgIpc) is 2.72. The number of aromatic nitrogens is 3. The monoisotopic (exact) mass is 346 g/mol. The third-order valence-corrected chi connectivity index (χ3v) is 4.91. The van der Waals surface area contributed by atoms with Crippen molar-refractivity contribution in [3.05, 3.63) is 23.0 Å². The van der Waals surface area contributed by atoms with Gasteiger partial charge in [-0.15, -0.1) is 0 Å². The molecule has 10 heteroatoms. The molecule has 0 radical (unpaired) electrons. The van der Waals surface area contributed by atoms with E-state index in [-0.39, 0.29) is 21.6 Å². The Morgan fingerprint density at radius 1 is 1.27 bits per heavy atom. The quantitative estimate of drug-likeness (QED) is 0.883. The lowest BCUT2D eigenvalue weighted by Gasteiger charge is -2.11. The van der Waals surface area contributed by atoms with E-state index in [9.17, 15) is 8.42 Å². The van der Waals surface area contributed by atoms with Crippen LogP contribution >= 0.6 is 11.6 Å². The third-order valence-electron chi connectivity index (χ3n) is 2.85. The van der Waals surface area contributed by atoms with E-state index >= 15 is 0 Å². The largest absolute Gasteiger partial charge is 0.481 e. The summed E-state index contributed by atoms with van der Waals surface area (Å²) in [4.78, 5) is 3.92. The first-order valence-corrected chi connectivity index (χ1v) is 7.97. The molecule has 0 saturated carbocycles. The maximum Gasteiger partial charge on any atom is 0.267 e. The van der Waals surface area contributed by atoms with Crippen LogP contribution in [0.15, 0.2) is 17.0 Å². The predicted octanol–water partition coefficient (Wildman–Crippen LogP) is 1.59. The number of rotatable bonds is 5. The molecular weight excluding hydrogens is 332 g/mol. The van der Waals surface area contributed by atoms with Crippen molar-refractivity contribution in [2.45, 2.75) is 11.8 Å². The molecule has 0 spiro atoms. The first kappa shape index (κ1) is 16.4. The summed E-state index contributed by atoms with van der Waals surface area (Å²) in [6.07, 6.45) is 0. The topological polar surface area (TPSA) is 95.3 Å². The molecule has 0 aliphatic rings. The van der Waals surface area contributed by atoms with Crippen molar-refractivity contribution in [1.82, 2.24) is 14.8 Å². The summed E-state index contributed by atoms with van der Waals surface area (Å²) in [6.45, 7) is 1.56. The van der Waals surface area contributed by atoms with Crippen LogP contribution in [0.2, 0.25) is 5.15 Å². The van der Waals surface area contributed by atoms with Gasteiger partial charge in [0.05, 0.1) is 19.9 Å². The highest BCUT2D eigenvalue weighted by Gasteiger charge is 2.26. The predicted molar refractivity (Wildman–Crippen MR) is 81.1 cm³/mol. The van der Waals surface area contributed by atoms with Crippen LogP contribution in [0.1, 0.15) is 5.69 Å². The number of hydrogen-bond donors (Lipinski definition) is 1. The first-order chi connectivity index (χ1) is 10.3. The molecular formula is C12H15ClN4O4S. The lowest BCUT2D eigenvalue weighted by molar-refractivity contribution is 0.366. The van der Waals surface area contributed by atoms with Gasteiger partial charge in [0.1, 0.15) is 15.7 Å². The Kier molecular flexibility index (Phi) is 4.47. The van der Waals surface area contributed by atoms with Gasteiger partial charge in [0.25, 0.3) is 10.0 Å². The van der Waals surface area contributed by atoms with Gasteiger partial charge in [0.15, 0.2) is 0 Å². The van der Waals surface area contributed by atoms with Crippen molar-refractivity contribution in [3.63, 3.8) is 0 Å². The minimum atomic E-state index is -3.93. The normalized spacial score (nSPS) is 11.3. The highest BCUT2D eigenvalue weighted by atomic mass is 35.5. The summed E-state index contributed by atoms with van der Waals surface area (Å²) in [7, 11) is 0.453. The SMILES string of the molecule is COc1ccc(NS(=O)(=O)c2c(C)nn(C)c2Cl)c(OC)n1. The lowest BCUT2D eigenvalue weighted by atomic mass is 10.4. The highest BCUT2D eigenvalue weighted by molar-refractivity contribution is 7.92. The third kappa shape index (κ3) is 2.95. The number of halogens is 1. The van der Waals surface area contributed by atoms with Crippen LogP contribution in [-0.2, 0) is 17.1 Å². The summed E-state index contributed by atoms with van der Waals surface area (Å²) in [6, 6.07) is 3.00. The van der Waals surface area contributed by atoms with Crippen LogP contribution in [0, 0.1) is 6.92 Å². The summed E-state index contributed by atoms with van der Waals surface area (Å²) < 4.78 is 38.7. The Morgan fingerprint density at radius 2 is 1.95 bits per heavy atom. The molecule has 120 valence electrons. The smallest absolute Gasteiger partial charge is 0.267 e. The Labute approximate surface area is 133 Å². The zero-order chi connectivity index (χ0) is 16.5. The number of methoxy groups -OCH3 is 2. The summed E-state index contributed by atoms with van der Waals surface area (Å²) in [5.41, 5.74) is 0.461. The van der Waals surface area contributed by atoms with Crippen LogP contribution < -0.4 is 14.2 Å². The van der Waals surface area contributed by atoms with E-state index in [1.165, 1.54) is 31.0 Å². The maximum atomic E-state index is 12.5. The molecule has 0 unspecified atom stereocenters. The number of ether oxygens (including phenoxy) is 2. The number of pyridine rings is 1. The lowest BCUT2D eigenvalue weighted by Crippen LogP contribution is -2.15. The number of nitrogens with zero attached hydrogens (tertiary/aromatic N) is 3.